The lowest BCUT2D eigenvalue weighted by Crippen LogP contribution is -2.35. The summed E-state index contributed by atoms with van der Waals surface area (Å²) in [6.07, 6.45) is 3.58. The molecular formula is C23H21N3O2S. The number of amides is 2. The maximum absolute atomic E-state index is 13.4. The molecule has 2 aromatic carbocycles. The average Bonchev–Trinajstić information content (AvgIpc) is 3.37. The van der Waals surface area contributed by atoms with Gasteiger partial charge in [0.1, 0.15) is 0 Å². The third kappa shape index (κ3) is 3.34. The molecule has 1 N–H and O–H groups in total. The van der Waals surface area contributed by atoms with Crippen molar-refractivity contribution in [3.05, 3.63) is 76.3 Å². The molecule has 0 bridgehead atoms. The lowest BCUT2D eigenvalue weighted by atomic mass is 9.90. The van der Waals surface area contributed by atoms with Crippen molar-refractivity contribution in [2.24, 2.45) is 0 Å². The second-order valence-corrected chi connectivity index (χ2v) is 8.54. The second kappa shape index (κ2) is 7.44. The van der Waals surface area contributed by atoms with Gasteiger partial charge in [0, 0.05) is 22.7 Å². The van der Waals surface area contributed by atoms with Crippen molar-refractivity contribution in [2.45, 2.75) is 31.6 Å². The predicted octanol–water partition coefficient (Wildman–Crippen LogP) is 4.40. The number of anilines is 2. The Morgan fingerprint density at radius 3 is 2.69 bits per heavy atom. The van der Waals surface area contributed by atoms with E-state index in [-0.39, 0.29) is 17.7 Å². The molecular weight excluding hydrogens is 382 g/mol. The van der Waals surface area contributed by atoms with Crippen LogP contribution in [0.15, 0.2) is 54.6 Å². The lowest BCUT2D eigenvalue weighted by Gasteiger charge is -2.26. The zero-order valence-electron chi connectivity index (χ0n) is 15.9. The molecule has 1 aromatic heterocycles. The fourth-order valence-electron chi connectivity index (χ4n) is 4.23. The molecule has 29 heavy (non-hydrogen) atoms. The molecule has 5 rings (SSSR count). The van der Waals surface area contributed by atoms with E-state index < -0.39 is 0 Å². The van der Waals surface area contributed by atoms with E-state index in [9.17, 15) is 9.59 Å². The van der Waals surface area contributed by atoms with Crippen LogP contribution in [0, 0.1) is 0 Å². The van der Waals surface area contributed by atoms with E-state index in [0.717, 1.165) is 48.5 Å². The molecule has 0 fully saturated rings. The van der Waals surface area contributed by atoms with Crippen LogP contribution in [-0.4, -0.2) is 23.3 Å². The molecule has 0 saturated carbocycles. The smallest absolute Gasteiger partial charge is 0.257 e. The number of carbonyl (C=O) groups excluding carboxylic acids is 2. The molecule has 2 amide bonds. The number of para-hydroxylation sites is 1. The van der Waals surface area contributed by atoms with Crippen LogP contribution in [0.25, 0.3) is 0 Å². The first-order valence-electron chi connectivity index (χ1n) is 9.96. The number of nitrogens with one attached hydrogen (secondary N) is 1. The predicted molar refractivity (Wildman–Crippen MR) is 115 cm³/mol. The summed E-state index contributed by atoms with van der Waals surface area (Å²) >= 11 is 1.49. The first kappa shape index (κ1) is 18.1. The standard InChI is InChI=1S/C23H21N3O2S/c27-21(16-8-2-1-3-9-16)25-23-24-20-17(10-6-12-19(20)29-23)22(28)26-14-13-15-7-4-5-11-18(15)26/h1-5,7-9,11,17H,6,10,12-14H2,(H,24,25,27)/t17-/m0/s1. The van der Waals surface area contributed by atoms with Crippen molar-refractivity contribution < 1.29 is 9.59 Å². The highest BCUT2D eigenvalue weighted by molar-refractivity contribution is 7.16. The Balaban J connectivity index is 1.39. The van der Waals surface area contributed by atoms with Crippen molar-refractivity contribution >= 4 is 34.0 Å². The topological polar surface area (TPSA) is 62.3 Å². The van der Waals surface area contributed by atoms with Crippen molar-refractivity contribution in [2.75, 3.05) is 16.8 Å². The summed E-state index contributed by atoms with van der Waals surface area (Å²) in [6, 6.07) is 17.2. The summed E-state index contributed by atoms with van der Waals surface area (Å²) in [7, 11) is 0. The van der Waals surface area contributed by atoms with Crippen molar-refractivity contribution in [3.8, 4) is 0 Å². The minimum absolute atomic E-state index is 0.127. The first-order chi connectivity index (χ1) is 14.2. The van der Waals surface area contributed by atoms with Crippen molar-refractivity contribution in [1.82, 2.24) is 4.98 Å². The minimum Gasteiger partial charge on any atom is -0.311 e. The number of nitrogens with zero attached hydrogens (tertiary/aromatic N) is 2. The summed E-state index contributed by atoms with van der Waals surface area (Å²) < 4.78 is 0. The Morgan fingerprint density at radius 1 is 1.03 bits per heavy atom. The van der Waals surface area contributed by atoms with E-state index in [1.807, 2.05) is 41.3 Å². The molecule has 146 valence electrons. The Kier molecular flexibility index (Phi) is 4.64. The van der Waals surface area contributed by atoms with Gasteiger partial charge >= 0.3 is 0 Å². The Bertz CT molecular complexity index is 1080. The fourth-order valence-corrected chi connectivity index (χ4v) is 5.29. The second-order valence-electron chi connectivity index (χ2n) is 7.46. The molecule has 2 heterocycles. The van der Waals surface area contributed by atoms with Gasteiger partial charge in [0.05, 0.1) is 11.6 Å². The molecule has 0 radical (unpaired) electrons. The number of thiazole rings is 1. The maximum atomic E-state index is 13.4. The summed E-state index contributed by atoms with van der Waals surface area (Å²) in [5.74, 6) is -0.279. The van der Waals surface area contributed by atoms with Gasteiger partial charge in [0.25, 0.3) is 5.91 Å². The zero-order valence-corrected chi connectivity index (χ0v) is 16.7. The molecule has 0 unspecified atom stereocenters. The van der Waals surface area contributed by atoms with Gasteiger partial charge in [-0.15, -0.1) is 11.3 Å². The van der Waals surface area contributed by atoms with Crippen LogP contribution in [0.2, 0.25) is 0 Å². The molecule has 1 aliphatic carbocycles. The Morgan fingerprint density at radius 2 is 1.83 bits per heavy atom. The SMILES string of the molecule is O=C(Nc1nc2c(s1)CCC[C@@H]2C(=O)N1CCc2ccccc21)c1ccccc1. The monoisotopic (exact) mass is 403 g/mol. The number of rotatable bonds is 3. The van der Waals surface area contributed by atoms with Gasteiger partial charge < -0.3 is 4.90 Å². The minimum atomic E-state index is -0.233. The van der Waals surface area contributed by atoms with Crippen LogP contribution in [-0.2, 0) is 17.6 Å². The van der Waals surface area contributed by atoms with E-state index >= 15 is 0 Å². The van der Waals surface area contributed by atoms with Crippen molar-refractivity contribution in [1.29, 1.82) is 0 Å². The molecule has 0 saturated heterocycles. The molecule has 5 nitrogen and oxygen atoms in total. The van der Waals surface area contributed by atoms with E-state index in [1.54, 1.807) is 12.1 Å². The van der Waals surface area contributed by atoms with E-state index in [4.69, 9.17) is 0 Å². The molecule has 0 spiro atoms. The molecule has 1 aliphatic heterocycles. The van der Waals surface area contributed by atoms with Gasteiger partial charge in [-0.2, -0.15) is 0 Å². The highest BCUT2D eigenvalue weighted by Gasteiger charge is 2.35. The van der Waals surface area contributed by atoms with E-state index in [1.165, 1.54) is 16.9 Å². The van der Waals surface area contributed by atoms with E-state index in [0.29, 0.717) is 10.7 Å². The van der Waals surface area contributed by atoms with Gasteiger partial charge in [-0.3, -0.25) is 14.9 Å². The van der Waals surface area contributed by atoms with Gasteiger partial charge in [0.15, 0.2) is 5.13 Å². The Hall–Kier alpha value is -2.99. The largest absolute Gasteiger partial charge is 0.311 e. The van der Waals surface area contributed by atoms with Crippen LogP contribution in [0.5, 0.6) is 0 Å². The molecule has 1 atom stereocenters. The van der Waals surface area contributed by atoms with Crippen LogP contribution in [0.4, 0.5) is 10.8 Å². The molecule has 3 aromatic rings. The maximum Gasteiger partial charge on any atom is 0.257 e. The van der Waals surface area contributed by atoms with Crippen LogP contribution >= 0.6 is 11.3 Å². The number of hydrogen-bond acceptors (Lipinski definition) is 4. The lowest BCUT2D eigenvalue weighted by molar-refractivity contribution is -0.120. The third-order valence-electron chi connectivity index (χ3n) is 5.66. The Labute approximate surface area is 173 Å². The number of aryl methyl sites for hydroxylation is 1. The van der Waals surface area contributed by atoms with Gasteiger partial charge in [-0.25, -0.2) is 4.98 Å². The number of benzene rings is 2. The van der Waals surface area contributed by atoms with Gasteiger partial charge in [-0.05, 0) is 49.4 Å². The van der Waals surface area contributed by atoms with E-state index in [2.05, 4.69) is 16.4 Å². The van der Waals surface area contributed by atoms with Crippen LogP contribution < -0.4 is 10.2 Å². The quantitative estimate of drug-likeness (QED) is 0.705. The zero-order chi connectivity index (χ0) is 19.8. The number of carbonyl (C=O) groups is 2. The number of aromatic nitrogens is 1. The summed E-state index contributed by atoms with van der Waals surface area (Å²) in [4.78, 5) is 33.6. The van der Waals surface area contributed by atoms with Crippen molar-refractivity contribution in [3.63, 3.8) is 0 Å². The third-order valence-corrected chi connectivity index (χ3v) is 6.71. The number of fused-ring (bicyclic) bond motifs is 2. The highest BCUT2D eigenvalue weighted by atomic mass is 32.1. The molecule has 2 aliphatic rings. The van der Waals surface area contributed by atoms with Gasteiger partial charge in [0.2, 0.25) is 5.91 Å². The highest BCUT2D eigenvalue weighted by Crippen LogP contribution is 2.39. The summed E-state index contributed by atoms with van der Waals surface area (Å²) in [6.45, 7) is 0.728. The normalized spacial score (nSPS) is 17.5. The summed E-state index contributed by atoms with van der Waals surface area (Å²) in [5, 5.41) is 3.48. The average molecular weight is 404 g/mol. The van der Waals surface area contributed by atoms with Crippen LogP contribution in [0.3, 0.4) is 0 Å². The first-order valence-corrected chi connectivity index (χ1v) is 10.8. The fraction of sp³-hybridized carbons (Fsp3) is 0.261. The summed E-state index contributed by atoms with van der Waals surface area (Å²) in [5.41, 5.74) is 3.70. The van der Waals surface area contributed by atoms with Gasteiger partial charge in [-0.1, -0.05) is 36.4 Å². The van der Waals surface area contributed by atoms with Crippen LogP contribution in [0.1, 0.15) is 45.3 Å². The molecule has 6 heteroatoms. The number of hydrogen-bond donors (Lipinski definition) is 1.